The molecular formula is C18H24N4O5. The van der Waals surface area contributed by atoms with Gasteiger partial charge in [-0.2, -0.15) is 0 Å². The first-order valence-electron chi connectivity index (χ1n) is 9.14. The van der Waals surface area contributed by atoms with Gasteiger partial charge in [-0.25, -0.2) is 19.8 Å². The number of hydrazone groups is 1. The van der Waals surface area contributed by atoms with E-state index >= 15 is 0 Å². The lowest BCUT2D eigenvalue weighted by Gasteiger charge is -2.21. The van der Waals surface area contributed by atoms with Crippen LogP contribution in [0.15, 0.2) is 29.4 Å². The molecule has 2 aliphatic rings. The summed E-state index contributed by atoms with van der Waals surface area (Å²) in [5.74, 6) is 0.327. The highest BCUT2D eigenvalue weighted by Gasteiger charge is 2.36. The lowest BCUT2D eigenvalue weighted by atomic mass is 10.1. The average Bonchev–Trinajstić information content (AvgIpc) is 3.31. The summed E-state index contributed by atoms with van der Waals surface area (Å²) in [4.78, 5) is 26.4. The van der Waals surface area contributed by atoms with Crippen molar-refractivity contribution in [3.05, 3.63) is 45.5 Å². The van der Waals surface area contributed by atoms with Gasteiger partial charge >= 0.3 is 6.09 Å². The summed E-state index contributed by atoms with van der Waals surface area (Å²) >= 11 is 0. The number of carbonyl (C=O) groups is 1. The highest BCUT2D eigenvalue weighted by molar-refractivity contribution is 5.95. The van der Waals surface area contributed by atoms with Gasteiger partial charge in [-0.05, 0) is 24.0 Å². The molecule has 0 N–H and O–H groups in total. The van der Waals surface area contributed by atoms with Crippen LogP contribution < -0.4 is 0 Å². The Labute approximate surface area is 157 Å². The Kier molecular flexibility index (Phi) is 6.23. The van der Waals surface area contributed by atoms with Crippen molar-refractivity contribution in [1.82, 2.24) is 9.80 Å². The van der Waals surface area contributed by atoms with E-state index < -0.39 is 11.1 Å². The molecule has 2 fully saturated rings. The molecule has 1 atom stereocenters. The molecule has 0 bridgehead atoms. The third kappa shape index (κ3) is 4.94. The van der Waals surface area contributed by atoms with E-state index in [2.05, 4.69) is 12.0 Å². The number of nitro groups is 1. The molecule has 1 unspecified atom stereocenters. The maximum absolute atomic E-state index is 12.5. The Balaban J connectivity index is 1.62. The predicted molar refractivity (Wildman–Crippen MR) is 97.6 cm³/mol. The Bertz CT molecular complexity index is 700. The number of amides is 1. The molecular weight excluding hydrogens is 352 g/mol. The van der Waals surface area contributed by atoms with Crippen molar-refractivity contribution in [2.24, 2.45) is 11.0 Å². The molecule has 27 heavy (non-hydrogen) atoms. The predicted octanol–water partition coefficient (Wildman–Crippen LogP) is 2.09. The van der Waals surface area contributed by atoms with Gasteiger partial charge in [0.05, 0.1) is 13.2 Å². The van der Waals surface area contributed by atoms with Crippen LogP contribution in [-0.2, 0) is 22.5 Å². The van der Waals surface area contributed by atoms with Crippen LogP contribution in [-0.4, -0.2) is 59.7 Å². The van der Waals surface area contributed by atoms with Crippen molar-refractivity contribution in [1.29, 1.82) is 0 Å². The zero-order chi connectivity index (χ0) is 19.2. The molecule has 0 saturated carbocycles. The van der Waals surface area contributed by atoms with Gasteiger partial charge in [-0.3, -0.25) is 0 Å². The van der Waals surface area contributed by atoms with Gasteiger partial charge < -0.3 is 14.4 Å². The van der Waals surface area contributed by atoms with Crippen molar-refractivity contribution in [2.45, 2.75) is 26.4 Å². The fourth-order valence-electron chi connectivity index (χ4n) is 3.26. The number of nitrogens with zero attached hydrogens (tertiary/aromatic N) is 4. The SMILES string of the molecule is CCc1ccc(COC(=O)N2CCN(CC3CCOC3)C2=N[N+](=O)[O-])cc1. The number of carbonyl (C=O) groups excluding carboxylic acids is 1. The number of ether oxygens (including phenoxy) is 2. The van der Waals surface area contributed by atoms with Gasteiger partial charge in [0, 0.05) is 25.6 Å². The number of rotatable bonds is 6. The number of guanidine groups is 1. The van der Waals surface area contributed by atoms with Crippen molar-refractivity contribution in [2.75, 3.05) is 32.8 Å². The van der Waals surface area contributed by atoms with E-state index in [4.69, 9.17) is 9.47 Å². The molecule has 1 amide bonds. The topological polar surface area (TPSA) is 97.5 Å². The highest BCUT2D eigenvalue weighted by Crippen LogP contribution is 2.19. The Morgan fingerprint density at radius 2 is 2.07 bits per heavy atom. The maximum Gasteiger partial charge on any atom is 0.417 e. The van der Waals surface area contributed by atoms with E-state index in [1.165, 1.54) is 10.5 Å². The van der Waals surface area contributed by atoms with Crippen LogP contribution in [0.5, 0.6) is 0 Å². The molecule has 146 valence electrons. The number of benzene rings is 1. The fraction of sp³-hybridized carbons (Fsp3) is 0.556. The third-order valence-electron chi connectivity index (χ3n) is 4.81. The first-order valence-corrected chi connectivity index (χ1v) is 9.14. The highest BCUT2D eigenvalue weighted by atomic mass is 16.7. The van der Waals surface area contributed by atoms with E-state index in [0.717, 1.165) is 18.4 Å². The van der Waals surface area contributed by atoms with Gasteiger partial charge in [0.2, 0.25) is 0 Å². The minimum atomic E-state index is -0.775. The largest absolute Gasteiger partial charge is 0.444 e. The number of hydrogen-bond donors (Lipinski definition) is 0. The Morgan fingerprint density at radius 3 is 2.70 bits per heavy atom. The molecule has 0 spiro atoms. The van der Waals surface area contributed by atoms with E-state index in [1.807, 2.05) is 24.3 Å². The van der Waals surface area contributed by atoms with Crippen molar-refractivity contribution in [3.8, 4) is 0 Å². The summed E-state index contributed by atoms with van der Waals surface area (Å²) in [6.45, 7) is 4.89. The summed E-state index contributed by atoms with van der Waals surface area (Å²) < 4.78 is 10.7. The minimum Gasteiger partial charge on any atom is -0.444 e. The van der Waals surface area contributed by atoms with Crippen LogP contribution in [0.2, 0.25) is 0 Å². The molecule has 0 aromatic heterocycles. The molecule has 0 aliphatic carbocycles. The monoisotopic (exact) mass is 376 g/mol. The van der Waals surface area contributed by atoms with Gasteiger partial charge in [0.1, 0.15) is 11.7 Å². The summed E-state index contributed by atoms with van der Waals surface area (Å²) in [6, 6.07) is 7.80. The standard InChI is InChI=1S/C18H24N4O5/c1-2-14-3-5-15(6-4-14)13-27-18(23)21-9-8-20(17(21)19-22(24)25)11-16-7-10-26-12-16/h3-6,16H,2,7-13H2,1H3. The molecule has 0 radical (unpaired) electrons. The number of aryl methyl sites for hydroxylation is 1. The normalized spacial score (nSPS) is 21.1. The van der Waals surface area contributed by atoms with E-state index in [-0.39, 0.29) is 18.5 Å². The fourth-order valence-corrected chi connectivity index (χ4v) is 3.26. The van der Waals surface area contributed by atoms with E-state index in [1.54, 1.807) is 4.90 Å². The van der Waals surface area contributed by atoms with Crippen molar-refractivity contribution < 1.29 is 19.3 Å². The minimum absolute atomic E-state index is 0.0400. The second kappa shape index (κ2) is 8.81. The quantitative estimate of drug-likeness (QED) is 0.557. The van der Waals surface area contributed by atoms with Crippen LogP contribution in [0.25, 0.3) is 0 Å². The summed E-state index contributed by atoms with van der Waals surface area (Å²) in [7, 11) is 0. The van der Waals surface area contributed by atoms with Crippen LogP contribution in [0.3, 0.4) is 0 Å². The summed E-state index contributed by atoms with van der Waals surface area (Å²) in [5.41, 5.74) is 2.07. The van der Waals surface area contributed by atoms with Crippen LogP contribution >= 0.6 is 0 Å². The third-order valence-corrected chi connectivity index (χ3v) is 4.81. The van der Waals surface area contributed by atoms with Gasteiger partial charge in [-0.15, -0.1) is 0 Å². The molecule has 1 aromatic carbocycles. The first-order chi connectivity index (χ1) is 13.1. The molecule has 1 aromatic rings. The second-order valence-corrected chi connectivity index (χ2v) is 6.69. The summed E-state index contributed by atoms with van der Waals surface area (Å²) in [5, 5.41) is 13.6. The average molecular weight is 376 g/mol. The Morgan fingerprint density at radius 1 is 1.33 bits per heavy atom. The van der Waals surface area contributed by atoms with Crippen LogP contribution in [0.1, 0.15) is 24.5 Å². The Hall–Kier alpha value is -2.68. The van der Waals surface area contributed by atoms with Gasteiger partial charge in [-0.1, -0.05) is 31.2 Å². The van der Waals surface area contributed by atoms with Gasteiger partial charge in [0.25, 0.3) is 5.96 Å². The second-order valence-electron chi connectivity index (χ2n) is 6.69. The molecule has 9 nitrogen and oxygen atoms in total. The lowest BCUT2D eigenvalue weighted by Crippen LogP contribution is -2.40. The lowest BCUT2D eigenvalue weighted by molar-refractivity contribution is -0.486. The van der Waals surface area contributed by atoms with Crippen molar-refractivity contribution >= 4 is 12.1 Å². The number of hydrogen-bond acceptors (Lipinski definition) is 5. The van der Waals surface area contributed by atoms with Gasteiger partial charge in [0.15, 0.2) is 5.03 Å². The van der Waals surface area contributed by atoms with Crippen LogP contribution in [0.4, 0.5) is 4.79 Å². The van der Waals surface area contributed by atoms with E-state index in [9.17, 15) is 14.9 Å². The zero-order valence-electron chi connectivity index (χ0n) is 15.4. The zero-order valence-corrected chi connectivity index (χ0v) is 15.4. The molecule has 9 heteroatoms. The molecule has 2 saturated heterocycles. The maximum atomic E-state index is 12.5. The molecule has 3 rings (SSSR count). The van der Waals surface area contributed by atoms with Crippen LogP contribution in [0, 0.1) is 16.0 Å². The molecule has 2 aliphatic heterocycles. The first kappa shape index (κ1) is 19.1. The summed E-state index contributed by atoms with van der Waals surface area (Å²) in [6.07, 6.45) is 1.22. The smallest absolute Gasteiger partial charge is 0.417 e. The van der Waals surface area contributed by atoms with Crippen molar-refractivity contribution in [3.63, 3.8) is 0 Å². The van der Waals surface area contributed by atoms with E-state index in [0.29, 0.717) is 32.8 Å². The molecule has 2 heterocycles.